The van der Waals surface area contributed by atoms with Crippen LogP contribution in [0.5, 0.6) is 0 Å². The molecule has 0 bridgehead atoms. The van der Waals surface area contributed by atoms with Gasteiger partial charge in [0.2, 0.25) is 15.0 Å². The van der Waals surface area contributed by atoms with Crippen LogP contribution in [0.4, 0.5) is 10.1 Å². The molecule has 0 unspecified atom stereocenters. The molecule has 1 saturated heterocycles. The summed E-state index contributed by atoms with van der Waals surface area (Å²) in [6, 6.07) is 15.0. The van der Waals surface area contributed by atoms with E-state index in [9.17, 15) is 12.8 Å². The van der Waals surface area contributed by atoms with E-state index in [1.165, 1.54) is 12.1 Å². The third kappa shape index (κ3) is 8.29. The van der Waals surface area contributed by atoms with Gasteiger partial charge < -0.3 is 24.3 Å². The normalized spacial score (nSPS) is 14.3. The fourth-order valence-electron chi connectivity index (χ4n) is 4.32. The van der Waals surface area contributed by atoms with Crippen LogP contribution in [0.15, 0.2) is 66.0 Å². The first-order chi connectivity index (χ1) is 18.9. The monoisotopic (exact) mass is 575 g/mol. The summed E-state index contributed by atoms with van der Waals surface area (Å²) in [5, 5.41) is 3.64. The van der Waals surface area contributed by atoms with Crippen LogP contribution in [-0.4, -0.2) is 86.0 Å². The Morgan fingerprint density at radius 3 is 2.54 bits per heavy atom. The highest BCUT2D eigenvalue weighted by atomic mass is 32.2. The molecule has 1 aromatic heterocycles. The lowest BCUT2D eigenvalue weighted by Crippen LogP contribution is -2.44. The van der Waals surface area contributed by atoms with Crippen LogP contribution in [0.2, 0.25) is 0 Å². The number of aromatic nitrogens is 2. The molecule has 210 valence electrons. The summed E-state index contributed by atoms with van der Waals surface area (Å²) in [5.74, 6) is -0.482. The lowest BCUT2D eigenvalue weighted by atomic mass is 10.2. The van der Waals surface area contributed by atoms with Gasteiger partial charge in [-0.05, 0) is 42.0 Å². The Labute approximate surface area is 234 Å². The molecule has 0 atom stereocenters. The second kappa shape index (κ2) is 13.9. The molecular weight excluding hydrogens is 541 g/mol. The van der Waals surface area contributed by atoms with E-state index in [0.717, 1.165) is 19.6 Å². The van der Waals surface area contributed by atoms with Gasteiger partial charge in [0.1, 0.15) is 5.82 Å². The van der Waals surface area contributed by atoms with Crippen molar-refractivity contribution in [2.24, 2.45) is 0 Å². The van der Waals surface area contributed by atoms with E-state index in [1.807, 2.05) is 23.1 Å². The Bertz CT molecular complexity index is 1310. The minimum Gasteiger partial charge on any atom is -0.383 e. The maximum atomic E-state index is 13.4. The fraction of sp³-hybridized carbons (Fsp3) is 0.407. The van der Waals surface area contributed by atoms with Crippen molar-refractivity contribution in [1.29, 1.82) is 0 Å². The molecule has 1 fully saturated rings. The molecule has 39 heavy (non-hydrogen) atoms. The van der Waals surface area contributed by atoms with Crippen LogP contribution < -0.4 is 5.32 Å². The Morgan fingerprint density at radius 2 is 1.85 bits per heavy atom. The van der Waals surface area contributed by atoms with Crippen LogP contribution in [-0.2, 0) is 38.2 Å². The number of ether oxygens (including phenoxy) is 2. The van der Waals surface area contributed by atoms with Crippen molar-refractivity contribution in [3.8, 4) is 0 Å². The average molecular weight is 576 g/mol. The molecule has 12 heteroatoms. The zero-order valence-electron chi connectivity index (χ0n) is 22.0. The highest BCUT2D eigenvalue weighted by Crippen LogP contribution is 2.20. The Kier molecular flexibility index (Phi) is 10.4. The fourth-order valence-corrected chi connectivity index (χ4v) is 6.11. The molecule has 1 N–H and O–H groups in total. The largest absolute Gasteiger partial charge is 0.383 e. The van der Waals surface area contributed by atoms with Gasteiger partial charge in [-0.15, -0.1) is 0 Å². The molecule has 4 rings (SSSR count). The molecule has 3 aromatic rings. The number of hydrogen-bond acceptors (Lipinski definition) is 7. The summed E-state index contributed by atoms with van der Waals surface area (Å²) in [6.07, 6.45) is 1.59. The van der Waals surface area contributed by atoms with Gasteiger partial charge >= 0.3 is 0 Å². The number of morpholine rings is 1. The number of thiocarbonyl (C=S) groups is 1. The van der Waals surface area contributed by atoms with E-state index >= 15 is 0 Å². The first kappa shape index (κ1) is 29.1. The van der Waals surface area contributed by atoms with E-state index in [1.54, 1.807) is 42.1 Å². The first-order valence-corrected chi connectivity index (χ1v) is 14.8. The molecule has 0 saturated carbocycles. The predicted molar refractivity (Wildman–Crippen MR) is 152 cm³/mol. The summed E-state index contributed by atoms with van der Waals surface area (Å²) >= 11 is 5.76. The quantitative estimate of drug-likeness (QED) is 0.327. The molecule has 9 nitrogen and oxygen atoms in total. The number of sulfone groups is 1. The molecule has 0 radical (unpaired) electrons. The van der Waals surface area contributed by atoms with Crippen molar-refractivity contribution in [1.82, 2.24) is 19.4 Å². The van der Waals surface area contributed by atoms with Gasteiger partial charge in [-0.3, -0.25) is 4.90 Å². The SMILES string of the molecule is COCCn1c(CN(CCN2CCOCC2)C(=S)Nc2ccc(F)cc2)cnc1S(=O)(=O)Cc1ccccc1. The van der Waals surface area contributed by atoms with Crippen LogP contribution in [0.3, 0.4) is 0 Å². The molecule has 1 aliphatic rings. The van der Waals surface area contributed by atoms with Gasteiger partial charge in [0.25, 0.3) is 0 Å². The molecule has 2 aromatic carbocycles. The number of halogens is 1. The maximum absolute atomic E-state index is 13.4. The van der Waals surface area contributed by atoms with Crippen molar-refractivity contribution in [2.45, 2.75) is 24.0 Å². The Balaban J connectivity index is 1.58. The summed E-state index contributed by atoms with van der Waals surface area (Å²) in [4.78, 5) is 8.63. The lowest BCUT2D eigenvalue weighted by Gasteiger charge is -2.31. The van der Waals surface area contributed by atoms with Crippen LogP contribution in [0.1, 0.15) is 11.3 Å². The van der Waals surface area contributed by atoms with Gasteiger partial charge in [-0.25, -0.2) is 17.8 Å². The molecule has 1 aliphatic heterocycles. The number of hydrogen-bond donors (Lipinski definition) is 1. The second-order valence-electron chi connectivity index (χ2n) is 9.23. The number of benzene rings is 2. The van der Waals surface area contributed by atoms with Crippen molar-refractivity contribution in [3.63, 3.8) is 0 Å². The minimum atomic E-state index is -3.72. The Hall–Kier alpha value is -2.90. The molecule has 0 aliphatic carbocycles. The third-order valence-corrected chi connectivity index (χ3v) is 8.38. The summed E-state index contributed by atoms with van der Waals surface area (Å²) in [5.41, 5.74) is 2.05. The second-order valence-corrected chi connectivity index (χ2v) is 11.5. The average Bonchev–Trinajstić information content (AvgIpc) is 3.35. The van der Waals surface area contributed by atoms with Crippen LogP contribution >= 0.6 is 12.2 Å². The Morgan fingerprint density at radius 1 is 1.13 bits per heavy atom. The number of nitrogens with one attached hydrogen (secondary N) is 1. The standard InChI is InChI=1S/C27H34FN5O4S2/c1-36-16-15-33-25(19-29-27(33)39(34,35)21-22-5-3-2-4-6-22)20-32(12-11-31-13-17-37-18-14-31)26(38)30-24-9-7-23(28)8-10-24/h2-10,19H,11-18,20-21H2,1H3,(H,30,38). The molecular formula is C27H34FN5O4S2. The van der Waals surface area contributed by atoms with E-state index in [0.29, 0.717) is 61.5 Å². The van der Waals surface area contributed by atoms with E-state index in [-0.39, 0.29) is 16.7 Å². The smallest absolute Gasteiger partial charge is 0.228 e. The summed E-state index contributed by atoms with van der Waals surface area (Å²) < 4.78 is 52.7. The van der Waals surface area contributed by atoms with Crippen LogP contribution in [0.25, 0.3) is 0 Å². The third-order valence-electron chi connectivity index (χ3n) is 6.42. The van der Waals surface area contributed by atoms with Crippen molar-refractivity contribution in [2.75, 3.05) is 58.4 Å². The van der Waals surface area contributed by atoms with Crippen molar-refractivity contribution < 1.29 is 22.3 Å². The van der Waals surface area contributed by atoms with Gasteiger partial charge in [0, 0.05) is 45.5 Å². The van der Waals surface area contributed by atoms with E-state index in [2.05, 4.69) is 15.2 Å². The zero-order valence-corrected chi connectivity index (χ0v) is 23.6. The number of rotatable bonds is 12. The highest BCUT2D eigenvalue weighted by Gasteiger charge is 2.25. The lowest BCUT2D eigenvalue weighted by molar-refractivity contribution is 0.0357. The molecule has 2 heterocycles. The van der Waals surface area contributed by atoms with Crippen molar-refractivity contribution in [3.05, 3.63) is 77.9 Å². The van der Waals surface area contributed by atoms with E-state index in [4.69, 9.17) is 21.7 Å². The van der Waals surface area contributed by atoms with Gasteiger partial charge in [0.15, 0.2) is 5.11 Å². The van der Waals surface area contributed by atoms with Gasteiger partial charge in [-0.2, -0.15) is 0 Å². The molecule has 0 spiro atoms. The van der Waals surface area contributed by atoms with Gasteiger partial charge in [-0.1, -0.05) is 30.3 Å². The minimum absolute atomic E-state index is 0.00365. The highest BCUT2D eigenvalue weighted by molar-refractivity contribution is 7.90. The first-order valence-electron chi connectivity index (χ1n) is 12.8. The molecule has 0 amide bonds. The number of nitrogens with zero attached hydrogens (tertiary/aromatic N) is 4. The summed E-state index contributed by atoms with van der Waals surface area (Å²) in [7, 11) is -2.15. The number of imidazole rings is 1. The van der Waals surface area contributed by atoms with E-state index < -0.39 is 9.84 Å². The topological polar surface area (TPSA) is 88.9 Å². The van der Waals surface area contributed by atoms with Crippen LogP contribution in [0, 0.1) is 5.82 Å². The van der Waals surface area contributed by atoms with Gasteiger partial charge in [0.05, 0.1) is 44.0 Å². The number of methoxy groups -OCH3 is 1. The number of anilines is 1. The maximum Gasteiger partial charge on any atom is 0.228 e. The van der Waals surface area contributed by atoms with Crippen molar-refractivity contribution >= 4 is 32.9 Å². The zero-order chi connectivity index (χ0) is 27.7. The summed E-state index contributed by atoms with van der Waals surface area (Å²) in [6.45, 7) is 5.35. The predicted octanol–water partition coefficient (Wildman–Crippen LogP) is 3.17.